The van der Waals surface area contributed by atoms with Crippen LogP contribution in [0.4, 0.5) is 5.82 Å². The second kappa shape index (κ2) is 6.04. The van der Waals surface area contributed by atoms with Crippen LogP contribution in [0.2, 0.25) is 0 Å². The Kier molecular flexibility index (Phi) is 3.94. The topological polar surface area (TPSA) is 77.8 Å². The van der Waals surface area contributed by atoms with Crippen LogP contribution in [0.1, 0.15) is 32.6 Å². The number of hydrogen-bond donors (Lipinski definition) is 2. The summed E-state index contributed by atoms with van der Waals surface area (Å²) in [6.45, 7) is 0.582. The Bertz CT molecular complexity index is 782. The van der Waals surface area contributed by atoms with E-state index in [-0.39, 0.29) is 11.9 Å². The zero-order valence-electron chi connectivity index (χ0n) is 11.7. The lowest BCUT2D eigenvalue weighted by Crippen LogP contribution is -2.12. The Morgan fingerprint density at radius 3 is 3.05 bits per heavy atom. The molecular formula is C16H13ClN4O. The van der Waals surface area contributed by atoms with Gasteiger partial charge in [-0.25, -0.2) is 4.98 Å². The first-order valence-corrected chi connectivity index (χ1v) is 7.33. The Hall–Kier alpha value is -2.58. The maximum atomic E-state index is 11.7. The van der Waals surface area contributed by atoms with Gasteiger partial charge >= 0.3 is 0 Å². The Morgan fingerprint density at radius 1 is 1.41 bits per heavy atom. The number of halogens is 1. The summed E-state index contributed by atoms with van der Waals surface area (Å²) in [7, 11) is 0. The Labute approximate surface area is 132 Å². The minimum Gasteiger partial charge on any atom is -0.356 e. The standard InChI is InChI=1S/C16H13ClN4O/c17-9-21-15-13(4-11(6-18)7-19-15)3-10-1-2-12-8-20-16(22)14(12)5-10/h1-2,4-5,7H,3,8-9H2,(H,19,21)(H,20,22). The van der Waals surface area contributed by atoms with Crippen molar-refractivity contribution in [3.8, 4) is 6.07 Å². The molecule has 0 radical (unpaired) electrons. The molecule has 2 aromatic rings. The van der Waals surface area contributed by atoms with Crippen LogP contribution in [0.3, 0.4) is 0 Å². The maximum absolute atomic E-state index is 11.7. The predicted octanol–water partition coefficient (Wildman–Crippen LogP) is 2.40. The minimum atomic E-state index is -0.0418. The van der Waals surface area contributed by atoms with Crippen LogP contribution in [0.25, 0.3) is 0 Å². The predicted molar refractivity (Wildman–Crippen MR) is 83.7 cm³/mol. The number of nitrogens with one attached hydrogen (secondary N) is 2. The number of amides is 1. The quantitative estimate of drug-likeness (QED) is 0.671. The maximum Gasteiger partial charge on any atom is 0.251 e. The molecule has 2 N–H and O–H groups in total. The lowest BCUT2D eigenvalue weighted by atomic mass is 10.00. The van der Waals surface area contributed by atoms with E-state index in [1.54, 1.807) is 6.07 Å². The summed E-state index contributed by atoms with van der Waals surface area (Å²) in [5.74, 6) is 0.610. The van der Waals surface area contributed by atoms with Gasteiger partial charge in [-0.2, -0.15) is 5.26 Å². The number of nitriles is 1. The van der Waals surface area contributed by atoms with Gasteiger partial charge in [0.25, 0.3) is 5.91 Å². The molecule has 1 amide bonds. The first kappa shape index (κ1) is 14.4. The summed E-state index contributed by atoms with van der Waals surface area (Å²) < 4.78 is 0. The molecule has 1 aliphatic heterocycles. The number of benzene rings is 1. The first-order chi connectivity index (χ1) is 10.7. The number of hydrogen-bond acceptors (Lipinski definition) is 4. The smallest absolute Gasteiger partial charge is 0.251 e. The molecule has 22 heavy (non-hydrogen) atoms. The van der Waals surface area contributed by atoms with Gasteiger partial charge in [-0.05, 0) is 23.3 Å². The second-order valence-corrected chi connectivity index (χ2v) is 5.27. The molecule has 0 spiro atoms. The van der Waals surface area contributed by atoms with Gasteiger partial charge < -0.3 is 10.6 Å². The van der Waals surface area contributed by atoms with E-state index in [1.807, 2.05) is 18.2 Å². The fourth-order valence-corrected chi connectivity index (χ4v) is 2.65. The van der Waals surface area contributed by atoms with Crippen molar-refractivity contribution < 1.29 is 4.79 Å². The number of alkyl halides is 1. The van der Waals surface area contributed by atoms with Crippen LogP contribution in [0.5, 0.6) is 0 Å². The number of anilines is 1. The van der Waals surface area contributed by atoms with Gasteiger partial charge in [0.1, 0.15) is 11.9 Å². The summed E-state index contributed by atoms with van der Waals surface area (Å²) in [5.41, 5.74) is 4.09. The third-order valence-electron chi connectivity index (χ3n) is 3.58. The number of pyridine rings is 1. The summed E-state index contributed by atoms with van der Waals surface area (Å²) in [5, 5.41) is 14.8. The molecule has 1 aliphatic rings. The van der Waals surface area contributed by atoms with Gasteiger partial charge in [-0.1, -0.05) is 12.1 Å². The van der Waals surface area contributed by atoms with Crippen molar-refractivity contribution in [1.82, 2.24) is 10.3 Å². The molecule has 5 nitrogen and oxygen atoms in total. The highest BCUT2D eigenvalue weighted by Gasteiger charge is 2.19. The second-order valence-electron chi connectivity index (χ2n) is 5.00. The molecule has 6 heteroatoms. The molecule has 0 saturated heterocycles. The molecule has 110 valence electrons. The summed E-state index contributed by atoms with van der Waals surface area (Å²) in [6.07, 6.45) is 2.08. The molecule has 1 aromatic carbocycles. The molecule has 0 atom stereocenters. The van der Waals surface area contributed by atoms with E-state index in [9.17, 15) is 4.79 Å². The number of fused-ring (bicyclic) bond motifs is 1. The monoisotopic (exact) mass is 312 g/mol. The van der Waals surface area contributed by atoms with Gasteiger partial charge in [-0.15, -0.1) is 11.6 Å². The summed E-state index contributed by atoms with van der Waals surface area (Å²) in [6, 6.07) is 9.94. The average Bonchev–Trinajstić information content (AvgIpc) is 2.90. The van der Waals surface area contributed by atoms with Crippen LogP contribution in [0, 0.1) is 11.3 Å². The van der Waals surface area contributed by atoms with E-state index in [0.29, 0.717) is 29.9 Å². The molecule has 0 unspecified atom stereocenters. The van der Waals surface area contributed by atoms with E-state index < -0.39 is 0 Å². The molecule has 0 fully saturated rings. The van der Waals surface area contributed by atoms with Crippen LogP contribution in [0.15, 0.2) is 30.5 Å². The minimum absolute atomic E-state index is 0.0418. The van der Waals surface area contributed by atoms with Crippen molar-refractivity contribution in [2.24, 2.45) is 0 Å². The van der Waals surface area contributed by atoms with Crippen LogP contribution in [-0.2, 0) is 13.0 Å². The van der Waals surface area contributed by atoms with E-state index in [0.717, 1.165) is 16.7 Å². The number of nitrogens with zero attached hydrogens (tertiary/aromatic N) is 2. The van der Waals surface area contributed by atoms with Crippen molar-refractivity contribution in [3.63, 3.8) is 0 Å². The van der Waals surface area contributed by atoms with E-state index in [4.69, 9.17) is 16.9 Å². The fourth-order valence-electron chi connectivity index (χ4n) is 2.52. The van der Waals surface area contributed by atoms with Gasteiger partial charge in [0, 0.05) is 30.3 Å². The van der Waals surface area contributed by atoms with E-state index in [1.165, 1.54) is 6.20 Å². The van der Waals surface area contributed by atoms with Gasteiger partial charge in [0.05, 0.1) is 11.6 Å². The third-order valence-corrected chi connectivity index (χ3v) is 3.72. The number of carbonyl (C=O) groups excluding carboxylic acids is 1. The summed E-state index contributed by atoms with van der Waals surface area (Å²) in [4.78, 5) is 16.0. The van der Waals surface area contributed by atoms with Crippen molar-refractivity contribution >= 4 is 23.3 Å². The van der Waals surface area contributed by atoms with Crippen molar-refractivity contribution in [2.45, 2.75) is 13.0 Å². The molecule has 3 rings (SSSR count). The molecule has 0 saturated carbocycles. The Morgan fingerprint density at radius 2 is 2.27 bits per heavy atom. The highest BCUT2D eigenvalue weighted by atomic mass is 35.5. The highest BCUT2D eigenvalue weighted by molar-refractivity contribution is 6.18. The van der Waals surface area contributed by atoms with Crippen molar-refractivity contribution in [1.29, 1.82) is 5.26 Å². The van der Waals surface area contributed by atoms with Gasteiger partial charge in [0.15, 0.2) is 0 Å². The number of aromatic nitrogens is 1. The zero-order valence-corrected chi connectivity index (χ0v) is 12.4. The third kappa shape index (κ3) is 2.74. The summed E-state index contributed by atoms with van der Waals surface area (Å²) >= 11 is 5.71. The normalized spacial score (nSPS) is 12.5. The van der Waals surface area contributed by atoms with Crippen molar-refractivity contribution in [2.75, 3.05) is 11.3 Å². The van der Waals surface area contributed by atoms with Crippen LogP contribution in [-0.4, -0.2) is 16.9 Å². The lowest BCUT2D eigenvalue weighted by Gasteiger charge is -2.10. The van der Waals surface area contributed by atoms with Gasteiger partial charge in [0.2, 0.25) is 0 Å². The van der Waals surface area contributed by atoms with Crippen LogP contribution < -0.4 is 10.6 Å². The molecule has 0 aliphatic carbocycles. The van der Waals surface area contributed by atoms with Crippen molar-refractivity contribution in [3.05, 3.63) is 58.3 Å². The van der Waals surface area contributed by atoms with E-state index >= 15 is 0 Å². The zero-order chi connectivity index (χ0) is 15.5. The largest absolute Gasteiger partial charge is 0.356 e. The number of rotatable bonds is 4. The molecule has 0 bridgehead atoms. The lowest BCUT2D eigenvalue weighted by molar-refractivity contribution is 0.0965. The number of carbonyl (C=O) groups is 1. The first-order valence-electron chi connectivity index (χ1n) is 6.80. The molecule has 1 aromatic heterocycles. The highest BCUT2D eigenvalue weighted by Crippen LogP contribution is 2.22. The molecular weight excluding hydrogens is 300 g/mol. The van der Waals surface area contributed by atoms with Crippen LogP contribution >= 0.6 is 11.6 Å². The fraction of sp³-hybridized carbons (Fsp3) is 0.188. The van der Waals surface area contributed by atoms with Gasteiger partial charge in [-0.3, -0.25) is 4.79 Å². The molecule has 2 heterocycles. The average molecular weight is 313 g/mol. The van der Waals surface area contributed by atoms with E-state index in [2.05, 4.69) is 21.7 Å². The Balaban J connectivity index is 1.94. The SMILES string of the molecule is N#Cc1cnc(NCCl)c(Cc2ccc3c(c2)C(=O)NC3)c1.